The molecule has 0 spiro atoms. The summed E-state index contributed by atoms with van der Waals surface area (Å²) in [6.07, 6.45) is 0.566. The van der Waals surface area contributed by atoms with E-state index in [1.807, 2.05) is 105 Å². The van der Waals surface area contributed by atoms with Crippen molar-refractivity contribution in [1.82, 2.24) is 9.24 Å². The van der Waals surface area contributed by atoms with Crippen LogP contribution in [0.2, 0.25) is 0 Å². The van der Waals surface area contributed by atoms with Crippen LogP contribution >= 0.6 is 8.53 Å². The molecule has 4 aromatic carbocycles. The highest BCUT2D eigenvalue weighted by atomic mass is 31.2. The third-order valence-corrected chi connectivity index (χ3v) is 12.5. The van der Waals surface area contributed by atoms with Crippen LogP contribution in [0.15, 0.2) is 108 Å². The lowest BCUT2D eigenvalue weighted by atomic mass is 9.79. The molecule has 0 saturated carbocycles. The second kappa shape index (κ2) is 19.9. The number of hydrogen-bond donors (Lipinski definition) is 0. The first-order valence-electron chi connectivity index (χ1n) is 19.5. The molecule has 2 heterocycles. The summed E-state index contributed by atoms with van der Waals surface area (Å²) in [7, 11) is 1.72. The van der Waals surface area contributed by atoms with Gasteiger partial charge in [-0.3, -0.25) is 9.36 Å². The Kier molecular flexibility index (Phi) is 15.3. The smallest absolute Gasteiger partial charge is 0.260 e. The van der Waals surface area contributed by atoms with Crippen LogP contribution < -0.4 is 15.0 Å². The summed E-state index contributed by atoms with van der Waals surface area (Å²) in [6.45, 7) is 12.8. The number of methoxy groups -OCH3 is 2. The number of nitriles is 1. The molecule has 1 aromatic heterocycles. The normalized spacial score (nSPS) is 17.4. The van der Waals surface area contributed by atoms with Gasteiger partial charge in [-0.2, -0.15) is 5.26 Å². The number of nitrogens with zero attached hydrogens (tertiary/aromatic N) is 3. The first kappa shape index (κ1) is 44.5. The molecule has 4 atom stereocenters. The molecule has 5 aromatic rings. The number of fused-ring (bicyclic) bond motifs is 1. The maximum atomic E-state index is 14.3. The predicted octanol–water partition coefficient (Wildman–Crippen LogP) is 10.2. The molecule has 58 heavy (non-hydrogen) atoms. The number of rotatable bonds is 17. The number of benzene rings is 4. The van der Waals surface area contributed by atoms with Crippen molar-refractivity contribution >= 4 is 19.3 Å². The zero-order valence-electron chi connectivity index (χ0n) is 34.2. The summed E-state index contributed by atoms with van der Waals surface area (Å²) >= 11 is 0. The molecule has 1 aliphatic rings. The van der Waals surface area contributed by atoms with Crippen molar-refractivity contribution < 1.29 is 28.0 Å². The van der Waals surface area contributed by atoms with E-state index < -0.39 is 32.6 Å². The number of aryl methyl sites for hydroxylation is 2. The molecule has 0 N–H and O–H groups in total. The van der Waals surface area contributed by atoms with Crippen LogP contribution in [0, 0.1) is 25.2 Å². The Morgan fingerprint density at radius 2 is 1.45 bits per heavy atom. The van der Waals surface area contributed by atoms with Crippen LogP contribution in [-0.2, 0) is 24.1 Å². The first-order valence-corrected chi connectivity index (χ1v) is 20.6. The molecule has 0 amide bonds. The minimum absolute atomic E-state index is 0. The van der Waals surface area contributed by atoms with Gasteiger partial charge < -0.3 is 28.0 Å². The van der Waals surface area contributed by atoms with E-state index in [1.54, 1.807) is 18.8 Å². The highest BCUT2D eigenvalue weighted by Crippen LogP contribution is 2.49. The Labute approximate surface area is 345 Å². The van der Waals surface area contributed by atoms with E-state index >= 15 is 0 Å². The van der Waals surface area contributed by atoms with Crippen molar-refractivity contribution in [3.05, 3.63) is 141 Å². The fraction of sp³-hybridized carbons (Fsp3) is 0.404. The van der Waals surface area contributed by atoms with Gasteiger partial charge in [-0.25, -0.2) is 4.67 Å². The molecular weight excluding hydrogens is 750 g/mol. The lowest BCUT2D eigenvalue weighted by Gasteiger charge is -2.40. The Balaban J connectivity index is 0.00000641. The maximum absolute atomic E-state index is 14.3. The predicted molar refractivity (Wildman–Crippen MR) is 231 cm³/mol. The van der Waals surface area contributed by atoms with Crippen LogP contribution in [0.1, 0.15) is 82.0 Å². The monoisotopic (exact) mass is 807 g/mol. The van der Waals surface area contributed by atoms with Gasteiger partial charge in [-0.05, 0) is 99.5 Å². The van der Waals surface area contributed by atoms with Crippen molar-refractivity contribution in [2.75, 3.05) is 27.4 Å². The summed E-state index contributed by atoms with van der Waals surface area (Å²) in [5.74, 6) is 1.44. The fourth-order valence-electron chi connectivity index (χ4n) is 7.86. The summed E-state index contributed by atoms with van der Waals surface area (Å²) in [5, 5.41) is 10.9. The van der Waals surface area contributed by atoms with Crippen molar-refractivity contribution in [2.24, 2.45) is 0 Å². The number of pyridine rings is 1. The average Bonchev–Trinajstić information content (AvgIpc) is 3.60. The topological polar surface area (TPSA) is 104 Å². The molecule has 6 rings (SSSR count). The van der Waals surface area contributed by atoms with Crippen LogP contribution in [0.5, 0.6) is 11.5 Å². The number of ether oxygens (including phenoxy) is 4. The molecule has 0 aliphatic carbocycles. The van der Waals surface area contributed by atoms with Gasteiger partial charge in [0.15, 0.2) is 0 Å². The third-order valence-electron chi connectivity index (χ3n) is 10.4. The molecule has 0 bridgehead atoms. The molecule has 1 saturated heterocycles. The van der Waals surface area contributed by atoms with Gasteiger partial charge in [0.2, 0.25) is 0 Å². The van der Waals surface area contributed by atoms with Gasteiger partial charge in [0.1, 0.15) is 29.4 Å². The molecule has 10 nitrogen and oxygen atoms in total. The van der Waals surface area contributed by atoms with Crippen molar-refractivity contribution in [1.29, 1.82) is 5.26 Å². The quantitative estimate of drug-likeness (QED) is 0.0516. The Bertz CT molecular complexity index is 2130. The highest BCUT2D eigenvalue weighted by molar-refractivity contribution is 7.44. The highest BCUT2D eigenvalue weighted by Gasteiger charge is 2.47. The summed E-state index contributed by atoms with van der Waals surface area (Å²) in [4.78, 5) is 14.3. The van der Waals surface area contributed by atoms with Gasteiger partial charge in [0, 0.05) is 24.7 Å². The van der Waals surface area contributed by atoms with E-state index in [0.29, 0.717) is 11.8 Å². The maximum Gasteiger partial charge on any atom is 0.260 e. The molecule has 1 unspecified atom stereocenters. The number of hydrogen-bond acceptors (Lipinski definition) is 9. The second-order valence-corrected chi connectivity index (χ2v) is 16.4. The Morgan fingerprint density at radius 3 is 2.00 bits per heavy atom. The van der Waals surface area contributed by atoms with E-state index in [9.17, 15) is 10.1 Å². The molecule has 308 valence electrons. The van der Waals surface area contributed by atoms with Crippen molar-refractivity contribution in [3.63, 3.8) is 0 Å². The number of aromatic nitrogens is 1. The van der Waals surface area contributed by atoms with Gasteiger partial charge in [-0.15, -0.1) is 0 Å². The largest absolute Gasteiger partial charge is 0.497 e. The van der Waals surface area contributed by atoms with Gasteiger partial charge in [0.05, 0.1) is 51.4 Å². The van der Waals surface area contributed by atoms with Crippen LogP contribution in [-0.4, -0.2) is 61.0 Å². The molecule has 0 radical (unpaired) electrons. The van der Waals surface area contributed by atoms with Crippen molar-refractivity contribution in [3.8, 4) is 17.6 Å². The standard InChI is InChI=1S/C46H54N3O7P.CH4/c1-31(2)49(32(3)4)57(53-26-12-24-47)54-30-42-41(29-43(55-42)48-25-23-35-28-33(5)27-34(6)44(35)45(48)50)56-46(36-13-10-9-11-14-36,37-15-19-39(51-7)20-16-37)38-17-21-40(52-8)22-18-38;/h9-11,13-23,25,27-28,31-32,41-43H,12,26,29-30H2,1-8H3;1H4/t41-,42+,43+,57?;/m0./s1. The molecular formula is C47H58N3O7P. The van der Waals surface area contributed by atoms with E-state index in [2.05, 4.69) is 50.6 Å². The molecule has 1 aliphatic heterocycles. The fourth-order valence-corrected chi connectivity index (χ4v) is 9.48. The van der Waals surface area contributed by atoms with E-state index in [1.165, 1.54) is 0 Å². The minimum atomic E-state index is -1.58. The van der Waals surface area contributed by atoms with Gasteiger partial charge >= 0.3 is 0 Å². The van der Waals surface area contributed by atoms with Gasteiger partial charge in [-0.1, -0.05) is 79.7 Å². The first-order chi connectivity index (χ1) is 27.5. The zero-order chi connectivity index (χ0) is 40.7. The van der Waals surface area contributed by atoms with E-state index in [4.69, 9.17) is 28.0 Å². The van der Waals surface area contributed by atoms with Gasteiger partial charge in [0.25, 0.3) is 14.1 Å². The van der Waals surface area contributed by atoms with Crippen LogP contribution in [0.25, 0.3) is 10.8 Å². The van der Waals surface area contributed by atoms with E-state index in [-0.39, 0.29) is 44.7 Å². The lowest BCUT2D eigenvalue weighted by Crippen LogP contribution is -2.41. The average molecular weight is 808 g/mol. The molecule has 1 fully saturated rings. The third kappa shape index (κ3) is 9.48. The molecule has 11 heteroatoms. The Hall–Kier alpha value is -4.59. The van der Waals surface area contributed by atoms with Crippen molar-refractivity contribution in [2.45, 2.75) is 97.9 Å². The zero-order valence-corrected chi connectivity index (χ0v) is 35.1. The lowest BCUT2D eigenvalue weighted by molar-refractivity contribution is -0.0973. The second-order valence-electron chi connectivity index (χ2n) is 14.9. The van der Waals surface area contributed by atoms with E-state index in [0.717, 1.165) is 44.7 Å². The SMILES string of the molecule is C.COc1ccc(C(O[C@H]2C[C@H](n3ccc4cc(C)cc(C)c4c3=O)O[C@@H]2COP(OCCC#N)N(C(C)C)C(C)C)(c2ccccc2)c2ccc(OC)cc2)cc1. The summed E-state index contributed by atoms with van der Waals surface area (Å²) in [5.41, 5.74) is 3.42. The summed E-state index contributed by atoms with van der Waals surface area (Å²) < 4.78 is 42.6. The summed E-state index contributed by atoms with van der Waals surface area (Å²) in [6, 6.07) is 34.4. The Morgan fingerprint density at radius 1 is 0.862 bits per heavy atom. The van der Waals surface area contributed by atoms with Crippen LogP contribution in [0.3, 0.4) is 0 Å². The minimum Gasteiger partial charge on any atom is -0.497 e. The van der Waals surface area contributed by atoms with Crippen LogP contribution in [0.4, 0.5) is 0 Å².